The van der Waals surface area contributed by atoms with Crippen LogP contribution in [0.2, 0.25) is 0 Å². The van der Waals surface area contributed by atoms with Crippen LogP contribution in [0, 0.1) is 5.82 Å². The van der Waals surface area contributed by atoms with Crippen LogP contribution >= 0.6 is 0 Å². The molecule has 2 aromatic carbocycles. The summed E-state index contributed by atoms with van der Waals surface area (Å²) >= 11 is 0. The first-order chi connectivity index (χ1) is 9.16. The van der Waals surface area contributed by atoms with E-state index in [1.54, 1.807) is 4.57 Å². The van der Waals surface area contributed by atoms with Crippen molar-refractivity contribution in [2.75, 3.05) is 0 Å². The van der Waals surface area contributed by atoms with E-state index in [4.69, 9.17) is 5.11 Å². The van der Waals surface area contributed by atoms with E-state index < -0.39 is 11.8 Å². The normalized spacial score (nSPS) is 10.8. The summed E-state index contributed by atoms with van der Waals surface area (Å²) in [5, 5.41) is 9.16. The van der Waals surface area contributed by atoms with Gasteiger partial charge in [-0.2, -0.15) is 0 Å². The summed E-state index contributed by atoms with van der Waals surface area (Å²) < 4.78 is 14.8. The molecule has 0 spiro atoms. The largest absolute Gasteiger partial charge is 0.478 e. The molecule has 3 rings (SSSR count). The number of carboxylic acids is 1. The number of nitrogens with zero attached hydrogens (tertiary/aromatic N) is 2. The molecule has 1 N–H and O–H groups in total. The maximum atomic E-state index is 13.2. The number of aromatic carboxylic acids is 1. The number of carboxylic acid groups (broad SMARTS) is 1. The molecule has 1 aromatic heterocycles. The third-order valence-electron chi connectivity index (χ3n) is 2.90. The van der Waals surface area contributed by atoms with Crippen LogP contribution in [0.25, 0.3) is 16.7 Å². The number of halogens is 1. The number of fused-ring (bicyclic) bond motifs is 1. The van der Waals surface area contributed by atoms with Crippen molar-refractivity contribution in [3.05, 3.63) is 60.2 Å². The first-order valence-electron chi connectivity index (χ1n) is 5.62. The second kappa shape index (κ2) is 4.20. The molecule has 5 heteroatoms. The Morgan fingerprint density at radius 1 is 1.21 bits per heavy atom. The molecule has 4 nitrogen and oxygen atoms in total. The molecular weight excluding hydrogens is 247 g/mol. The van der Waals surface area contributed by atoms with E-state index in [1.165, 1.54) is 18.5 Å². The van der Waals surface area contributed by atoms with Crippen LogP contribution < -0.4 is 0 Å². The molecule has 0 bridgehead atoms. The minimum Gasteiger partial charge on any atom is -0.478 e. The zero-order chi connectivity index (χ0) is 13.4. The summed E-state index contributed by atoms with van der Waals surface area (Å²) in [6.07, 6.45) is 1.53. The van der Waals surface area contributed by atoms with Crippen LogP contribution in [0.3, 0.4) is 0 Å². The predicted octanol–water partition coefficient (Wildman–Crippen LogP) is 2.86. The second-order valence-corrected chi connectivity index (χ2v) is 4.07. The smallest absolute Gasteiger partial charge is 0.337 e. The van der Waals surface area contributed by atoms with Crippen LogP contribution in [0.15, 0.2) is 48.8 Å². The summed E-state index contributed by atoms with van der Waals surface area (Å²) in [5.74, 6) is -1.75. The van der Waals surface area contributed by atoms with Gasteiger partial charge in [-0.05, 0) is 30.3 Å². The van der Waals surface area contributed by atoms with Crippen molar-refractivity contribution in [1.82, 2.24) is 9.55 Å². The van der Waals surface area contributed by atoms with Crippen molar-refractivity contribution in [3.8, 4) is 5.69 Å². The molecule has 0 aliphatic rings. The zero-order valence-electron chi connectivity index (χ0n) is 9.75. The molecule has 1 heterocycles. The van der Waals surface area contributed by atoms with Gasteiger partial charge in [0.25, 0.3) is 0 Å². The van der Waals surface area contributed by atoms with Gasteiger partial charge in [0.1, 0.15) is 12.1 Å². The van der Waals surface area contributed by atoms with E-state index in [2.05, 4.69) is 4.98 Å². The van der Waals surface area contributed by atoms with E-state index in [9.17, 15) is 9.18 Å². The first kappa shape index (κ1) is 11.4. The van der Waals surface area contributed by atoms with Crippen LogP contribution in [0.5, 0.6) is 0 Å². The Morgan fingerprint density at radius 3 is 2.79 bits per heavy atom. The van der Waals surface area contributed by atoms with Gasteiger partial charge in [-0.25, -0.2) is 14.2 Å². The van der Waals surface area contributed by atoms with E-state index in [0.29, 0.717) is 5.69 Å². The Labute approximate surface area is 107 Å². The lowest BCUT2D eigenvalue weighted by atomic mass is 10.1. The molecule has 0 atom stereocenters. The summed E-state index contributed by atoms with van der Waals surface area (Å²) in [6.45, 7) is 0. The zero-order valence-corrected chi connectivity index (χ0v) is 9.75. The Kier molecular flexibility index (Phi) is 2.52. The van der Waals surface area contributed by atoms with E-state index in [1.807, 2.05) is 24.3 Å². The fourth-order valence-corrected chi connectivity index (χ4v) is 2.04. The van der Waals surface area contributed by atoms with Gasteiger partial charge < -0.3 is 5.11 Å². The summed E-state index contributed by atoms with van der Waals surface area (Å²) in [6, 6.07) is 11.0. The van der Waals surface area contributed by atoms with Gasteiger partial charge in [0, 0.05) is 0 Å². The monoisotopic (exact) mass is 256 g/mol. The van der Waals surface area contributed by atoms with E-state index in [0.717, 1.165) is 17.1 Å². The summed E-state index contributed by atoms with van der Waals surface area (Å²) in [5.41, 5.74) is 1.82. The number of carbonyl (C=O) groups is 1. The molecule has 19 heavy (non-hydrogen) atoms. The Hall–Kier alpha value is -2.69. The fraction of sp³-hybridized carbons (Fsp3) is 0. The van der Waals surface area contributed by atoms with Gasteiger partial charge in [-0.1, -0.05) is 12.1 Å². The highest BCUT2D eigenvalue weighted by Crippen LogP contribution is 2.21. The Balaban J connectivity index is 2.30. The molecule has 0 aliphatic heterocycles. The van der Waals surface area contributed by atoms with Crippen LogP contribution in [-0.4, -0.2) is 20.6 Å². The molecule has 0 saturated carbocycles. The van der Waals surface area contributed by atoms with Crippen LogP contribution in [0.1, 0.15) is 10.4 Å². The van der Waals surface area contributed by atoms with Crippen molar-refractivity contribution in [3.63, 3.8) is 0 Å². The van der Waals surface area contributed by atoms with Gasteiger partial charge in [0.15, 0.2) is 0 Å². The van der Waals surface area contributed by atoms with Gasteiger partial charge in [0.2, 0.25) is 0 Å². The molecule has 0 unspecified atom stereocenters. The third-order valence-corrected chi connectivity index (χ3v) is 2.90. The lowest BCUT2D eigenvalue weighted by Gasteiger charge is -2.08. The molecule has 94 valence electrons. The van der Waals surface area contributed by atoms with Gasteiger partial charge in [-0.3, -0.25) is 4.57 Å². The lowest BCUT2D eigenvalue weighted by molar-refractivity contribution is 0.0696. The van der Waals surface area contributed by atoms with Crippen molar-refractivity contribution in [2.24, 2.45) is 0 Å². The number of benzene rings is 2. The molecule has 0 aliphatic carbocycles. The first-order valence-corrected chi connectivity index (χ1v) is 5.62. The van der Waals surface area contributed by atoms with E-state index >= 15 is 0 Å². The lowest BCUT2D eigenvalue weighted by Crippen LogP contribution is -2.05. The van der Waals surface area contributed by atoms with Crippen molar-refractivity contribution >= 4 is 17.0 Å². The van der Waals surface area contributed by atoms with Gasteiger partial charge in [-0.15, -0.1) is 0 Å². The maximum Gasteiger partial charge on any atom is 0.337 e. The number of rotatable bonds is 2. The van der Waals surface area contributed by atoms with Crippen LogP contribution in [-0.2, 0) is 0 Å². The highest BCUT2D eigenvalue weighted by Gasteiger charge is 2.14. The highest BCUT2D eigenvalue weighted by molar-refractivity contribution is 5.93. The van der Waals surface area contributed by atoms with Crippen LogP contribution in [0.4, 0.5) is 4.39 Å². The summed E-state index contributed by atoms with van der Waals surface area (Å²) in [7, 11) is 0. The predicted molar refractivity (Wildman–Crippen MR) is 68.0 cm³/mol. The van der Waals surface area contributed by atoms with Gasteiger partial charge >= 0.3 is 5.97 Å². The van der Waals surface area contributed by atoms with Gasteiger partial charge in [0.05, 0.1) is 22.3 Å². The Bertz CT molecular complexity index is 780. The minimum atomic E-state index is -1.17. The van der Waals surface area contributed by atoms with E-state index in [-0.39, 0.29) is 5.56 Å². The Morgan fingerprint density at radius 2 is 2.00 bits per heavy atom. The minimum absolute atomic E-state index is 0.0943. The molecular formula is C14H9FN2O2. The number of aromatic nitrogens is 2. The van der Waals surface area contributed by atoms with Crippen molar-refractivity contribution in [1.29, 1.82) is 0 Å². The molecule has 0 fully saturated rings. The SMILES string of the molecule is O=C(O)c1cc(F)ccc1-n1cnc2ccccc21. The summed E-state index contributed by atoms with van der Waals surface area (Å²) in [4.78, 5) is 15.4. The number of hydrogen-bond acceptors (Lipinski definition) is 2. The number of hydrogen-bond donors (Lipinski definition) is 1. The molecule has 0 saturated heterocycles. The molecule has 0 radical (unpaired) electrons. The molecule has 0 amide bonds. The molecule has 3 aromatic rings. The maximum absolute atomic E-state index is 13.2. The standard InChI is InChI=1S/C14H9FN2O2/c15-9-5-6-12(10(7-9)14(18)19)17-8-16-11-3-1-2-4-13(11)17/h1-8H,(H,18,19). The average molecular weight is 256 g/mol. The quantitative estimate of drug-likeness (QED) is 0.767. The average Bonchev–Trinajstić information content (AvgIpc) is 2.82. The van der Waals surface area contributed by atoms with Crippen molar-refractivity contribution < 1.29 is 14.3 Å². The second-order valence-electron chi connectivity index (χ2n) is 4.07. The number of para-hydroxylation sites is 2. The fourth-order valence-electron chi connectivity index (χ4n) is 2.04. The number of imidazole rings is 1. The van der Waals surface area contributed by atoms with Crippen molar-refractivity contribution in [2.45, 2.75) is 0 Å². The highest BCUT2D eigenvalue weighted by atomic mass is 19.1. The third kappa shape index (κ3) is 1.85. The topological polar surface area (TPSA) is 55.1 Å².